The van der Waals surface area contributed by atoms with Crippen molar-refractivity contribution in [2.24, 2.45) is 0 Å². The minimum atomic E-state index is -0.990. The highest BCUT2D eigenvalue weighted by Crippen LogP contribution is 2.30. The van der Waals surface area contributed by atoms with Crippen LogP contribution in [0.15, 0.2) is 18.2 Å². The quantitative estimate of drug-likeness (QED) is 0.634. The van der Waals surface area contributed by atoms with Crippen molar-refractivity contribution in [3.05, 3.63) is 34.1 Å². The summed E-state index contributed by atoms with van der Waals surface area (Å²) in [6.45, 7) is 3.80. The monoisotopic (exact) mass is 270 g/mol. The summed E-state index contributed by atoms with van der Waals surface area (Å²) in [5.41, 5.74) is -0.137. The number of aliphatic carboxylic acids is 1. The Morgan fingerprint density at radius 3 is 2.68 bits per heavy atom. The van der Waals surface area contributed by atoms with Crippen LogP contribution in [0.1, 0.15) is 20.3 Å². The molecule has 1 aromatic carbocycles. The molecule has 0 radical (unpaired) electrons. The van der Waals surface area contributed by atoms with E-state index in [4.69, 9.17) is 5.11 Å². The zero-order valence-electron chi connectivity index (χ0n) is 10.7. The number of rotatable bonds is 6. The summed E-state index contributed by atoms with van der Waals surface area (Å²) >= 11 is 0. The van der Waals surface area contributed by atoms with Gasteiger partial charge in [0.05, 0.1) is 17.4 Å². The van der Waals surface area contributed by atoms with Crippen molar-refractivity contribution in [1.29, 1.82) is 0 Å². The van der Waals surface area contributed by atoms with E-state index in [0.717, 1.165) is 12.1 Å². The number of halogens is 1. The Kier molecular flexibility index (Phi) is 4.80. The molecule has 104 valence electrons. The average Bonchev–Trinajstić information content (AvgIpc) is 2.30. The smallest absolute Gasteiger partial charge is 0.305 e. The van der Waals surface area contributed by atoms with E-state index in [1.54, 1.807) is 18.7 Å². The standard InChI is InChI=1S/C12H15FN2O4/c1-3-14(8(2)6-12(16)17)10-5-4-9(13)7-11(10)15(18)19/h4-5,7-8H,3,6H2,1-2H3,(H,16,17). The molecule has 0 fully saturated rings. The maximum Gasteiger partial charge on any atom is 0.305 e. The number of nitrogens with zero attached hydrogens (tertiary/aromatic N) is 2. The highest BCUT2D eigenvalue weighted by Gasteiger charge is 2.24. The van der Waals surface area contributed by atoms with Crippen molar-refractivity contribution < 1.29 is 19.2 Å². The fraction of sp³-hybridized carbons (Fsp3) is 0.417. The number of hydrogen-bond donors (Lipinski definition) is 1. The Labute approximate surface area is 109 Å². The highest BCUT2D eigenvalue weighted by atomic mass is 19.1. The Morgan fingerprint density at radius 1 is 1.58 bits per heavy atom. The van der Waals surface area contributed by atoms with E-state index in [9.17, 15) is 19.3 Å². The molecular weight excluding hydrogens is 255 g/mol. The van der Waals surface area contributed by atoms with Gasteiger partial charge in [0.15, 0.2) is 0 Å². The summed E-state index contributed by atoms with van der Waals surface area (Å²) in [6.07, 6.45) is -0.150. The summed E-state index contributed by atoms with van der Waals surface area (Å²) in [7, 11) is 0. The lowest BCUT2D eigenvalue weighted by Crippen LogP contribution is -2.35. The summed E-state index contributed by atoms with van der Waals surface area (Å²) < 4.78 is 13.1. The molecule has 1 N–H and O–H groups in total. The Balaban J connectivity index is 3.17. The molecule has 0 saturated carbocycles. The van der Waals surface area contributed by atoms with E-state index < -0.39 is 22.8 Å². The normalized spacial score (nSPS) is 11.9. The molecule has 0 heterocycles. The summed E-state index contributed by atoms with van der Waals surface area (Å²) in [6, 6.07) is 2.84. The average molecular weight is 270 g/mol. The molecule has 0 aromatic heterocycles. The highest BCUT2D eigenvalue weighted by molar-refractivity contribution is 5.70. The van der Waals surface area contributed by atoms with Gasteiger partial charge in [-0.2, -0.15) is 0 Å². The van der Waals surface area contributed by atoms with Gasteiger partial charge < -0.3 is 10.0 Å². The van der Waals surface area contributed by atoms with Gasteiger partial charge in [-0.1, -0.05) is 0 Å². The lowest BCUT2D eigenvalue weighted by Gasteiger charge is -2.28. The number of nitro benzene ring substituents is 1. The molecular formula is C12H15FN2O4. The van der Waals surface area contributed by atoms with E-state index in [-0.39, 0.29) is 17.8 Å². The van der Waals surface area contributed by atoms with Crippen LogP contribution in [0.3, 0.4) is 0 Å². The minimum absolute atomic E-state index is 0.150. The lowest BCUT2D eigenvalue weighted by atomic mass is 10.1. The van der Waals surface area contributed by atoms with Gasteiger partial charge in [0, 0.05) is 12.6 Å². The third kappa shape index (κ3) is 3.64. The van der Waals surface area contributed by atoms with Crippen LogP contribution in [-0.4, -0.2) is 28.6 Å². The molecule has 0 saturated heterocycles. The maximum atomic E-state index is 13.1. The first kappa shape index (κ1) is 14.9. The zero-order chi connectivity index (χ0) is 14.6. The fourth-order valence-electron chi connectivity index (χ4n) is 1.97. The van der Waals surface area contributed by atoms with Crippen molar-refractivity contribution in [1.82, 2.24) is 0 Å². The van der Waals surface area contributed by atoms with Crippen molar-refractivity contribution >= 4 is 17.3 Å². The topological polar surface area (TPSA) is 83.7 Å². The number of benzene rings is 1. The summed E-state index contributed by atoms with van der Waals surface area (Å²) in [4.78, 5) is 22.6. The van der Waals surface area contributed by atoms with Crippen LogP contribution in [-0.2, 0) is 4.79 Å². The van der Waals surface area contributed by atoms with E-state index >= 15 is 0 Å². The minimum Gasteiger partial charge on any atom is -0.481 e. The predicted molar refractivity (Wildman–Crippen MR) is 67.8 cm³/mol. The van der Waals surface area contributed by atoms with Crippen LogP contribution in [0.5, 0.6) is 0 Å². The van der Waals surface area contributed by atoms with Gasteiger partial charge in [-0.25, -0.2) is 4.39 Å². The fourth-order valence-corrected chi connectivity index (χ4v) is 1.97. The van der Waals surface area contributed by atoms with E-state index in [0.29, 0.717) is 6.54 Å². The predicted octanol–water partition coefficient (Wildman–Crippen LogP) is 2.42. The van der Waals surface area contributed by atoms with Crippen LogP contribution >= 0.6 is 0 Å². The second kappa shape index (κ2) is 6.12. The first-order chi connectivity index (χ1) is 8.86. The second-order valence-electron chi connectivity index (χ2n) is 4.12. The van der Waals surface area contributed by atoms with Crippen LogP contribution < -0.4 is 4.90 Å². The van der Waals surface area contributed by atoms with E-state index in [1.165, 1.54) is 6.07 Å². The molecule has 0 amide bonds. The molecule has 1 rings (SSSR count). The van der Waals surface area contributed by atoms with Gasteiger partial charge in [-0.3, -0.25) is 14.9 Å². The number of nitro groups is 1. The number of carboxylic acid groups (broad SMARTS) is 1. The lowest BCUT2D eigenvalue weighted by molar-refractivity contribution is -0.384. The molecule has 0 bridgehead atoms. The third-order valence-corrected chi connectivity index (χ3v) is 2.79. The van der Waals surface area contributed by atoms with Crippen LogP contribution in [0.25, 0.3) is 0 Å². The number of carboxylic acids is 1. The molecule has 1 unspecified atom stereocenters. The largest absolute Gasteiger partial charge is 0.481 e. The van der Waals surface area contributed by atoms with Gasteiger partial charge in [-0.05, 0) is 26.0 Å². The summed E-state index contributed by atoms with van der Waals surface area (Å²) in [5, 5.41) is 19.7. The van der Waals surface area contributed by atoms with Crippen LogP contribution in [0.2, 0.25) is 0 Å². The molecule has 1 atom stereocenters. The second-order valence-corrected chi connectivity index (χ2v) is 4.12. The molecule has 7 heteroatoms. The number of anilines is 1. The number of hydrogen-bond acceptors (Lipinski definition) is 4. The van der Waals surface area contributed by atoms with Crippen LogP contribution in [0, 0.1) is 15.9 Å². The van der Waals surface area contributed by atoms with Gasteiger partial charge >= 0.3 is 5.97 Å². The summed E-state index contributed by atoms with van der Waals surface area (Å²) in [5.74, 6) is -1.69. The van der Waals surface area contributed by atoms with Gasteiger partial charge in [-0.15, -0.1) is 0 Å². The Morgan fingerprint density at radius 2 is 2.21 bits per heavy atom. The van der Waals surface area contributed by atoms with Crippen molar-refractivity contribution in [3.63, 3.8) is 0 Å². The number of carbonyl (C=O) groups is 1. The molecule has 0 aliphatic carbocycles. The SMILES string of the molecule is CCN(c1ccc(F)cc1[N+](=O)[O-])C(C)CC(=O)O. The maximum absolute atomic E-state index is 13.1. The first-order valence-electron chi connectivity index (χ1n) is 5.79. The van der Waals surface area contributed by atoms with Crippen molar-refractivity contribution in [3.8, 4) is 0 Å². The molecule has 6 nitrogen and oxygen atoms in total. The van der Waals surface area contributed by atoms with Crippen molar-refractivity contribution in [2.75, 3.05) is 11.4 Å². The van der Waals surface area contributed by atoms with Gasteiger partial charge in [0.2, 0.25) is 0 Å². The Bertz CT molecular complexity index is 493. The first-order valence-corrected chi connectivity index (χ1v) is 5.79. The van der Waals surface area contributed by atoms with Crippen molar-refractivity contribution in [2.45, 2.75) is 26.3 Å². The van der Waals surface area contributed by atoms with Crippen LogP contribution in [0.4, 0.5) is 15.8 Å². The molecule has 0 aliphatic rings. The zero-order valence-corrected chi connectivity index (χ0v) is 10.7. The molecule has 0 aliphatic heterocycles. The molecule has 19 heavy (non-hydrogen) atoms. The molecule has 0 spiro atoms. The van der Waals surface area contributed by atoms with Gasteiger partial charge in [0.1, 0.15) is 11.5 Å². The van der Waals surface area contributed by atoms with E-state index in [2.05, 4.69) is 0 Å². The molecule has 1 aromatic rings. The third-order valence-electron chi connectivity index (χ3n) is 2.79. The van der Waals surface area contributed by atoms with Gasteiger partial charge in [0.25, 0.3) is 5.69 Å². The van der Waals surface area contributed by atoms with E-state index in [1.807, 2.05) is 0 Å². The Hall–Kier alpha value is -2.18.